The molecule has 5 nitrogen and oxygen atoms in total. The van der Waals surface area contributed by atoms with Crippen LogP contribution in [-0.4, -0.2) is 21.9 Å². The molecule has 0 aliphatic rings. The molecule has 0 unspecified atom stereocenters. The maximum Gasteiger partial charge on any atom is 0.277 e. The van der Waals surface area contributed by atoms with Crippen LogP contribution in [0.15, 0.2) is 46.0 Å². The molecule has 2 aromatic carbocycles. The summed E-state index contributed by atoms with van der Waals surface area (Å²) in [5.74, 6) is 0.625. The van der Waals surface area contributed by atoms with E-state index in [4.69, 9.17) is 4.42 Å². The molecule has 0 spiro atoms. The van der Waals surface area contributed by atoms with Crippen molar-refractivity contribution in [3.8, 4) is 11.5 Å². The maximum atomic E-state index is 12.3. The van der Waals surface area contributed by atoms with E-state index in [2.05, 4.69) is 48.4 Å². The summed E-state index contributed by atoms with van der Waals surface area (Å²) >= 11 is 1.24. The third kappa shape index (κ3) is 4.81. The summed E-state index contributed by atoms with van der Waals surface area (Å²) in [7, 11) is 0. The van der Waals surface area contributed by atoms with Gasteiger partial charge >= 0.3 is 0 Å². The molecule has 146 valence electrons. The van der Waals surface area contributed by atoms with Gasteiger partial charge in [0, 0.05) is 5.56 Å². The van der Waals surface area contributed by atoms with Crippen LogP contribution in [0.5, 0.6) is 0 Å². The summed E-state index contributed by atoms with van der Waals surface area (Å²) in [6.45, 7) is 10.2. The van der Waals surface area contributed by atoms with Crippen molar-refractivity contribution in [2.45, 2.75) is 45.9 Å². The molecule has 1 amide bonds. The highest BCUT2D eigenvalue weighted by atomic mass is 32.2. The third-order valence-electron chi connectivity index (χ3n) is 4.90. The molecule has 0 aliphatic heterocycles. The zero-order valence-corrected chi connectivity index (χ0v) is 17.7. The second-order valence-corrected chi connectivity index (χ2v) is 8.02. The highest BCUT2D eigenvalue weighted by Gasteiger charge is 2.14. The van der Waals surface area contributed by atoms with Gasteiger partial charge in [0.05, 0.1) is 11.8 Å². The van der Waals surface area contributed by atoms with Crippen LogP contribution in [-0.2, 0) is 4.79 Å². The lowest BCUT2D eigenvalue weighted by atomic mass is 10.0. The molecule has 0 saturated carbocycles. The van der Waals surface area contributed by atoms with E-state index in [-0.39, 0.29) is 17.7 Å². The fourth-order valence-electron chi connectivity index (χ4n) is 2.79. The first-order valence-electron chi connectivity index (χ1n) is 9.24. The van der Waals surface area contributed by atoms with Crippen LogP contribution in [0.4, 0.5) is 0 Å². The van der Waals surface area contributed by atoms with E-state index >= 15 is 0 Å². The van der Waals surface area contributed by atoms with Crippen LogP contribution in [0, 0.1) is 27.7 Å². The minimum atomic E-state index is -0.0679. The lowest BCUT2D eigenvalue weighted by molar-refractivity contribution is -0.119. The average Bonchev–Trinajstić information content (AvgIpc) is 3.13. The molecular formula is C22H25N3O2S. The van der Waals surface area contributed by atoms with E-state index in [1.807, 2.05) is 38.1 Å². The molecule has 0 radical (unpaired) electrons. The predicted molar refractivity (Wildman–Crippen MR) is 112 cm³/mol. The van der Waals surface area contributed by atoms with E-state index < -0.39 is 0 Å². The quantitative estimate of drug-likeness (QED) is 0.599. The van der Waals surface area contributed by atoms with Crippen LogP contribution >= 0.6 is 11.8 Å². The van der Waals surface area contributed by atoms with E-state index in [1.54, 1.807) is 0 Å². The minimum absolute atomic E-state index is 0.0545. The Kier molecular flexibility index (Phi) is 6.19. The van der Waals surface area contributed by atoms with E-state index in [9.17, 15) is 4.79 Å². The first kappa shape index (κ1) is 20.1. The summed E-state index contributed by atoms with van der Waals surface area (Å²) < 4.78 is 5.69. The first-order valence-corrected chi connectivity index (χ1v) is 10.2. The van der Waals surface area contributed by atoms with E-state index in [0.717, 1.165) is 11.1 Å². The molecule has 3 rings (SSSR count). The number of thioether (sulfide) groups is 1. The number of aromatic nitrogens is 2. The SMILES string of the molecule is Cc1ccc(-c2nnc(SCC(=O)N[C@@H](C)c3ccc(C)c(C)c3)o2)cc1C. The molecule has 1 N–H and O–H groups in total. The van der Waals surface area contributed by atoms with E-state index in [1.165, 1.54) is 34.0 Å². The van der Waals surface area contributed by atoms with Crippen molar-refractivity contribution in [2.75, 3.05) is 5.75 Å². The highest BCUT2D eigenvalue weighted by Crippen LogP contribution is 2.25. The third-order valence-corrected chi connectivity index (χ3v) is 5.71. The number of nitrogens with one attached hydrogen (secondary N) is 1. The number of amides is 1. The maximum absolute atomic E-state index is 12.3. The van der Waals surface area contributed by atoms with Crippen LogP contribution in [0.1, 0.15) is 40.8 Å². The molecular weight excluding hydrogens is 370 g/mol. The number of aryl methyl sites for hydroxylation is 4. The molecule has 0 fully saturated rings. The summed E-state index contributed by atoms with van der Waals surface area (Å²) in [5, 5.41) is 11.5. The van der Waals surface area contributed by atoms with Gasteiger partial charge in [-0.15, -0.1) is 10.2 Å². The normalized spacial score (nSPS) is 12.0. The van der Waals surface area contributed by atoms with Crippen LogP contribution in [0.25, 0.3) is 11.5 Å². The van der Waals surface area contributed by atoms with Gasteiger partial charge in [-0.25, -0.2) is 0 Å². The van der Waals surface area contributed by atoms with Crippen molar-refractivity contribution >= 4 is 17.7 Å². The fraction of sp³-hybridized carbons (Fsp3) is 0.318. The molecule has 0 aliphatic carbocycles. The van der Waals surface area contributed by atoms with Gasteiger partial charge in [-0.3, -0.25) is 4.79 Å². The number of carbonyl (C=O) groups is 1. The van der Waals surface area contributed by atoms with Gasteiger partial charge in [-0.05, 0) is 74.6 Å². The number of benzene rings is 2. The van der Waals surface area contributed by atoms with Crippen molar-refractivity contribution in [2.24, 2.45) is 0 Å². The van der Waals surface area contributed by atoms with Gasteiger partial charge in [-0.2, -0.15) is 0 Å². The lowest BCUT2D eigenvalue weighted by Crippen LogP contribution is -2.28. The van der Waals surface area contributed by atoms with Crippen molar-refractivity contribution in [3.63, 3.8) is 0 Å². The Morgan fingerprint density at radius 3 is 2.36 bits per heavy atom. The van der Waals surface area contributed by atoms with Gasteiger partial charge in [-0.1, -0.05) is 36.0 Å². The van der Waals surface area contributed by atoms with Crippen LogP contribution in [0.3, 0.4) is 0 Å². The van der Waals surface area contributed by atoms with Gasteiger partial charge in [0.2, 0.25) is 11.8 Å². The summed E-state index contributed by atoms with van der Waals surface area (Å²) in [4.78, 5) is 12.3. The van der Waals surface area contributed by atoms with Crippen LogP contribution in [0.2, 0.25) is 0 Å². The van der Waals surface area contributed by atoms with Gasteiger partial charge in [0.25, 0.3) is 5.22 Å². The summed E-state index contributed by atoms with van der Waals surface area (Å²) in [6.07, 6.45) is 0. The van der Waals surface area contributed by atoms with Crippen molar-refractivity contribution < 1.29 is 9.21 Å². The molecule has 0 saturated heterocycles. The first-order chi connectivity index (χ1) is 13.3. The van der Waals surface area contributed by atoms with Crippen LogP contribution < -0.4 is 5.32 Å². The van der Waals surface area contributed by atoms with Gasteiger partial charge in [0.1, 0.15) is 0 Å². The Labute approximate surface area is 170 Å². The monoisotopic (exact) mass is 395 g/mol. The van der Waals surface area contributed by atoms with Crippen molar-refractivity contribution in [1.29, 1.82) is 0 Å². The van der Waals surface area contributed by atoms with Gasteiger partial charge < -0.3 is 9.73 Å². The molecule has 6 heteroatoms. The van der Waals surface area contributed by atoms with Gasteiger partial charge in [0.15, 0.2) is 0 Å². The Morgan fingerprint density at radius 1 is 1.00 bits per heavy atom. The number of rotatable bonds is 6. The lowest BCUT2D eigenvalue weighted by Gasteiger charge is -2.15. The smallest absolute Gasteiger partial charge is 0.277 e. The largest absolute Gasteiger partial charge is 0.411 e. The number of hydrogen-bond acceptors (Lipinski definition) is 5. The second kappa shape index (κ2) is 8.61. The topological polar surface area (TPSA) is 68.0 Å². The molecule has 1 atom stereocenters. The predicted octanol–water partition coefficient (Wildman–Crippen LogP) is 4.94. The minimum Gasteiger partial charge on any atom is -0.411 e. The molecule has 1 aromatic heterocycles. The zero-order chi connectivity index (χ0) is 20.3. The number of hydrogen-bond donors (Lipinski definition) is 1. The Balaban J connectivity index is 1.56. The summed E-state index contributed by atoms with van der Waals surface area (Å²) in [5.41, 5.74) is 6.83. The molecule has 0 bridgehead atoms. The number of nitrogens with zero attached hydrogens (tertiary/aromatic N) is 2. The Bertz CT molecular complexity index is 997. The second-order valence-electron chi connectivity index (χ2n) is 7.09. The number of carbonyl (C=O) groups excluding carboxylic acids is 1. The standard InChI is InChI=1S/C22H25N3O2S/c1-13-6-8-18(10-15(13)3)17(5)23-20(26)12-28-22-25-24-21(27-22)19-9-7-14(2)16(4)11-19/h6-11,17H,12H2,1-5H3,(H,23,26)/t17-/m0/s1. The van der Waals surface area contributed by atoms with Crippen molar-refractivity contribution in [3.05, 3.63) is 64.2 Å². The Morgan fingerprint density at radius 2 is 1.68 bits per heavy atom. The zero-order valence-electron chi connectivity index (χ0n) is 16.9. The highest BCUT2D eigenvalue weighted by molar-refractivity contribution is 7.99. The molecule has 28 heavy (non-hydrogen) atoms. The van der Waals surface area contributed by atoms with Crippen molar-refractivity contribution in [1.82, 2.24) is 15.5 Å². The Hall–Kier alpha value is -2.60. The van der Waals surface area contributed by atoms with E-state index in [0.29, 0.717) is 11.1 Å². The fourth-order valence-corrected chi connectivity index (χ4v) is 3.36. The average molecular weight is 396 g/mol. The summed E-state index contributed by atoms with van der Waals surface area (Å²) in [6, 6.07) is 12.2. The molecule has 3 aromatic rings. The molecule has 1 heterocycles.